The van der Waals surface area contributed by atoms with Crippen LogP contribution in [0.3, 0.4) is 0 Å². The maximum atomic E-state index is 14.5. The van der Waals surface area contributed by atoms with Crippen molar-refractivity contribution in [1.29, 1.82) is 0 Å². The highest BCUT2D eigenvalue weighted by atomic mass is 32.2. The van der Waals surface area contributed by atoms with Crippen LogP contribution in [0.15, 0.2) is 126 Å². The van der Waals surface area contributed by atoms with Crippen molar-refractivity contribution in [2.45, 2.75) is 29.2 Å². The normalized spacial score (nSPS) is 21.6. The smallest absolute Gasteiger partial charge is 0.265 e. The molecule has 172 valence electrons. The minimum absolute atomic E-state index is 0.0365. The van der Waals surface area contributed by atoms with Gasteiger partial charge >= 0.3 is 0 Å². The van der Waals surface area contributed by atoms with Crippen LogP contribution in [0.5, 0.6) is 0 Å². The number of hydrogen-bond donors (Lipinski definition) is 0. The van der Waals surface area contributed by atoms with Crippen molar-refractivity contribution in [2.24, 2.45) is 0 Å². The summed E-state index contributed by atoms with van der Waals surface area (Å²) in [5.41, 5.74) is 3.57. The van der Waals surface area contributed by atoms with Crippen LogP contribution in [0.1, 0.15) is 35.3 Å². The Morgan fingerprint density at radius 1 is 0.800 bits per heavy atom. The minimum atomic E-state index is -0.971. The van der Waals surface area contributed by atoms with Crippen molar-refractivity contribution in [3.8, 4) is 0 Å². The van der Waals surface area contributed by atoms with Gasteiger partial charge in [-0.25, -0.2) is 0 Å². The van der Waals surface area contributed by atoms with E-state index in [0.717, 1.165) is 21.7 Å². The molecule has 4 heteroatoms. The van der Waals surface area contributed by atoms with Gasteiger partial charge in [0.05, 0.1) is 11.3 Å². The Hall–Kier alpha value is -3.76. The summed E-state index contributed by atoms with van der Waals surface area (Å²) in [6.45, 7) is 1.92. The van der Waals surface area contributed by atoms with Gasteiger partial charge in [-0.1, -0.05) is 103 Å². The lowest BCUT2D eigenvalue weighted by Gasteiger charge is -2.47. The molecule has 0 spiro atoms. The molecule has 0 N–H and O–H groups in total. The summed E-state index contributed by atoms with van der Waals surface area (Å²) in [5.74, 6) is 0.614. The van der Waals surface area contributed by atoms with Crippen LogP contribution in [0, 0.1) is 0 Å². The van der Waals surface area contributed by atoms with Gasteiger partial charge in [0.2, 0.25) is 5.72 Å². The van der Waals surface area contributed by atoms with Gasteiger partial charge in [0, 0.05) is 22.1 Å². The zero-order valence-corrected chi connectivity index (χ0v) is 20.2. The summed E-state index contributed by atoms with van der Waals surface area (Å²) in [6.07, 6.45) is 0.617. The Morgan fingerprint density at radius 2 is 1.40 bits per heavy atom. The van der Waals surface area contributed by atoms with Crippen LogP contribution in [0.25, 0.3) is 5.57 Å². The number of nitrogens with zero attached hydrogens (tertiary/aromatic N) is 1. The van der Waals surface area contributed by atoms with Gasteiger partial charge in [-0.2, -0.15) is 0 Å². The van der Waals surface area contributed by atoms with Crippen molar-refractivity contribution >= 4 is 28.9 Å². The van der Waals surface area contributed by atoms with Crippen LogP contribution in [0.2, 0.25) is 0 Å². The highest BCUT2D eigenvalue weighted by Crippen LogP contribution is 2.56. The van der Waals surface area contributed by atoms with Gasteiger partial charge in [0.1, 0.15) is 5.76 Å². The van der Waals surface area contributed by atoms with Gasteiger partial charge < -0.3 is 4.74 Å². The molecule has 0 saturated carbocycles. The van der Waals surface area contributed by atoms with E-state index in [1.54, 1.807) is 11.8 Å². The summed E-state index contributed by atoms with van der Waals surface area (Å²) in [6, 6.07) is 38.7. The summed E-state index contributed by atoms with van der Waals surface area (Å²) in [7, 11) is 0. The average Bonchev–Trinajstić information content (AvgIpc) is 3.05. The zero-order valence-electron chi connectivity index (χ0n) is 19.4. The first kappa shape index (κ1) is 21.8. The van der Waals surface area contributed by atoms with Crippen LogP contribution in [-0.4, -0.2) is 5.91 Å². The second-order valence-electron chi connectivity index (χ2n) is 8.88. The summed E-state index contributed by atoms with van der Waals surface area (Å²) in [5, 5.41) is 0.0985. The predicted octanol–water partition coefficient (Wildman–Crippen LogP) is 7.57. The Balaban J connectivity index is 1.63. The lowest BCUT2D eigenvalue weighted by atomic mass is 9.89. The molecule has 2 aliphatic rings. The number of hydrogen-bond acceptors (Lipinski definition) is 3. The Kier molecular flexibility index (Phi) is 5.46. The number of rotatable bonds is 3. The molecule has 0 fully saturated rings. The monoisotopic (exact) mass is 475 g/mol. The fourth-order valence-corrected chi connectivity index (χ4v) is 6.54. The molecule has 0 aliphatic carbocycles. The Labute approximate surface area is 210 Å². The predicted molar refractivity (Wildman–Crippen MR) is 142 cm³/mol. The number of fused-ring (bicyclic) bond motifs is 3. The standard InChI is InChI=1S/C31H25NO2S/c1-22-29(24-15-7-3-8-16-24)30(33)32-26-19-11-12-20-27(26)35-28(23-13-5-2-6-14-23)21-31(32,34-22)25-17-9-4-10-18-25/h2-20,28H,21H2,1H3/t28-,31+/m1/s1. The SMILES string of the molecule is CC1=C(c2ccccc2)C(=O)N2c3ccccc3S[C@@H](c3ccccc3)C[C@@]2(c2ccccc2)O1. The van der Waals surface area contributed by atoms with E-state index in [-0.39, 0.29) is 11.2 Å². The maximum absolute atomic E-state index is 14.5. The summed E-state index contributed by atoms with van der Waals surface area (Å²) < 4.78 is 6.96. The molecule has 0 radical (unpaired) electrons. The Bertz CT molecular complexity index is 1400. The first-order chi connectivity index (χ1) is 17.2. The molecule has 0 unspecified atom stereocenters. The maximum Gasteiger partial charge on any atom is 0.265 e. The quantitative estimate of drug-likeness (QED) is 0.306. The van der Waals surface area contributed by atoms with E-state index in [2.05, 4.69) is 42.5 Å². The molecule has 6 rings (SSSR count). The molecule has 2 atom stereocenters. The van der Waals surface area contributed by atoms with E-state index in [9.17, 15) is 4.79 Å². The number of allylic oxidation sites excluding steroid dienone is 1. The van der Waals surface area contributed by atoms with E-state index in [1.807, 2.05) is 84.6 Å². The van der Waals surface area contributed by atoms with Crippen molar-refractivity contribution in [3.63, 3.8) is 0 Å². The highest BCUT2D eigenvalue weighted by molar-refractivity contribution is 7.99. The van der Waals surface area contributed by atoms with Gasteiger partial charge in [-0.05, 0) is 30.2 Å². The second-order valence-corrected chi connectivity index (χ2v) is 10.1. The number of carbonyl (C=O) groups is 1. The number of thioether (sulfide) groups is 1. The number of benzene rings is 4. The molecule has 2 aliphatic heterocycles. The number of amides is 1. The zero-order chi connectivity index (χ0) is 23.8. The third-order valence-corrected chi connectivity index (χ3v) is 8.07. The number of ether oxygens (including phenoxy) is 1. The lowest BCUT2D eigenvalue weighted by Crippen LogP contribution is -2.55. The molecule has 35 heavy (non-hydrogen) atoms. The molecule has 2 heterocycles. The highest BCUT2D eigenvalue weighted by Gasteiger charge is 2.53. The first-order valence-corrected chi connectivity index (χ1v) is 12.7. The molecule has 3 nitrogen and oxygen atoms in total. The molecule has 0 bridgehead atoms. The molecule has 4 aromatic rings. The van der Waals surface area contributed by atoms with Crippen molar-refractivity contribution in [1.82, 2.24) is 0 Å². The molecule has 0 aromatic heterocycles. The first-order valence-electron chi connectivity index (χ1n) is 11.8. The Morgan fingerprint density at radius 3 is 2.11 bits per heavy atom. The average molecular weight is 476 g/mol. The summed E-state index contributed by atoms with van der Waals surface area (Å²) >= 11 is 1.80. The molecular formula is C31H25NO2S. The van der Waals surface area contributed by atoms with Crippen LogP contribution in [0.4, 0.5) is 5.69 Å². The molecule has 4 aromatic carbocycles. The van der Waals surface area contributed by atoms with Crippen molar-refractivity contribution in [3.05, 3.63) is 138 Å². The van der Waals surface area contributed by atoms with Crippen LogP contribution < -0.4 is 4.90 Å². The number of anilines is 1. The summed E-state index contributed by atoms with van der Waals surface area (Å²) in [4.78, 5) is 17.5. The second kappa shape index (κ2) is 8.79. The lowest BCUT2D eigenvalue weighted by molar-refractivity contribution is -0.123. The fourth-order valence-electron chi connectivity index (χ4n) is 5.19. The molecular weight excluding hydrogens is 450 g/mol. The number of para-hydroxylation sites is 1. The van der Waals surface area contributed by atoms with Crippen LogP contribution in [-0.2, 0) is 15.3 Å². The van der Waals surface area contributed by atoms with Gasteiger partial charge in [0.25, 0.3) is 5.91 Å². The van der Waals surface area contributed by atoms with Crippen LogP contribution >= 0.6 is 11.8 Å². The third kappa shape index (κ3) is 3.65. The van der Waals surface area contributed by atoms with Gasteiger partial charge in [-0.15, -0.1) is 11.8 Å². The van der Waals surface area contributed by atoms with Gasteiger partial charge in [-0.3, -0.25) is 9.69 Å². The van der Waals surface area contributed by atoms with Crippen molar-refractivity contribution < 1.29 is 9.53 Å². The van der Waals surface area contributed by atoms with Gasteiger partial charge in [0.15, 0.2) is 0 Å². The van der Waals surface area contributed by atoms with E-state index in [1.165, 1.54) is 5.56 Å². The minimum Gasteiger partial charge on any atom is -0.467 e. The topological polar surface area (TPSA) is 29.5 Å². The van der Waals surface area contributed by atoms with Crippen molar-refractivity contribution in [2.75, 3.05) is 4.90 Å². The molecule has 1 amide bonds. The van der Waals surface area contributed by atoms with E-state index >= 15 is 0 Å². The van der Waals surface area contributed by atoms with E-state index in [4.69, 9.17) is 4.74 Å². The number of carbonyl (C=O) groups excluding carboxylic acids is 1. The fraction of sp³-hybridized carbons (Fsp3) is 0.129. The van der Waals surface area contributed by atoms with E-state index < -0.39 is 5.72 Å². The molecule has 0 saturated heterocycles. The third-order valence-electron chi connectivity index (χ3n) is 6.75. The van der Waals surface area contributed by atoms with E-state index in [0.29, 0.717) is 17.8 Å². The largest absolute Gasteiger partial charge is 0.467 e.